The fourth-order valence-electron chi connectivity index (χ4n) is 1.59. The van der Waals surface area contributed by atoms with Crippen molar-refractivity contribution in [3.05, 3.63) is 48.6 Å². The molecule has 0 rings (SSSR count). The number of aliphatic hydroxyl groups excluding tert-OH is 1. The van der Waals surface area contributed by atoms with Crippen LogP contribution in [0.2, 0.25) is 0 Å². The summed E-state index contributed by atoms with van der Waals surface area (Å²) in [6, 6.07) is -0.154. The Hall–Kier alpha value is -1.12. The van der Waals surface area contributed by atoms with Gasteiger partial charge in [0.15, 0.2) is 0 Å². The van der Waals surface area contributed by atoms with Crippen LogP contribution >= 0.6 is 0 Å². The number of hydrogen-bond donors (Lipinski definition) is 2. The van der Waals surface area contributed by atoms with Crippen LogP contribution in [-0.4, -0.2) is 17.3 Å². The minimum Gasteiger partial charge on any atom is -0.391 e. The Kier molecular flexibility index (Phi) is 13.5. The van der Waals surface area contributed by atoms with E-state index in [0.717, 1.165) is 32.1 Å². The number of nitrogens with two attached hydrogens (primary N) is 1. The average Bonchev–Trinajstić information content (AvgIpc) is 2.43. The summed E-state index contributed by atoms with van der Waals surface area (Å²) in [5.74, 6) is 0. The minimum absolute atomic E-state index is 0.154. The molecule has 2 heteroatoms. The standard InChI is InChI=1S/C18H31NO/c1-3-4-5-6-7-8-9-10-11-12-13-14-15-16-18(20)17(2)19/h4-5,7-8,10-11,14-15,17-18,20H,3,6,9,12-13,16,19H2,1-2H3/b5-4+,8-7+,11-10+,15-14+/t17-,18+/m1/s1. The molecule has 0 radical (unpaired) electrons. The second-order valence-electron chi connectivity index (χ2n) is 5.00. The summed E-state index contributed by atoms with van der Waals surface area (Å²) >= 11 is 0. The highest BCUT2D eigenvalue weighted by atomic mass is 16.3. The lowest BCUT2D eigenvalue weighted by molar-refractivity contribution is 0.154. The van der Waals surface area contributed by atoms with Gasteiger partial charge in [0.25, 0.3) is 0 Å². The molecule has 0 saturated carbocycles. The number of rotatable bonds is 11. The molecule has 0 amide bonds. The van der Waals surface area contributed by atoms with Gasteiger partial charge in [0.05, 0.1) is 6.10 Å². The van der Waals surface area contributed by atoms with Gasteiger partial charge in [-0.05, 0) is 45.4 Å². The van der Waals surface area contributed by atoms with Crippen molar-refractivity contribution in [2.45, 2.75) is 64.5 Å². The van der Waals surface area contributed by atoms with Crippen molar-refractivity contribution in [3.8, 4) is 0 Å². The van der Waals surface area contributed by atoms with Crippen molar-refractivity contribution >= 4 is 0 Å². The fraction of sp³-hybridized carbons (Fsp3) is 0.556. The maximum Gasteiger partial charge on any atom is 0.0722 e. The minimum atomic E-state index is -0.423. The number of hydrogen-bond acceptors (Lipinski definition) is 2. The van der Waals surface area contributed by atoms with Crippen LogP contribution in [0.5, 0.6) is 0 Å². The molecule has 0 spiro atoms. The van der Waals surface area contributed by atoms with E-state index >= 15 is 0 Å². The molecule has 0 aromatic carbocycles. The fourth-order valence-corrected chi connectivity index (χ4v) is 1.59. The largest absolute Gasteiger partial charge is 0.391 e. The molecule has 3 N–H and O–H groups in total. The van der Waals surface area contributed by atoms with Gasteiger partial charge in [0.2, 0.25) is 0 Å². The van der Waals surface area contributed by atoms with Crippen molar-refractivity contribution in [2.24, 2.45) is 5.73 Å². The molecular formula is C18H31NO. The Morgan fingerprint density at radius 2 is 1.35 bits per heavy atom. The Balaban J connectivity index is 3.48. The third-order valence-corrected chi connectivity index (χ3v) is 2.93. The summed E-state index contributed by atoms with van der Waals surface area (Å²) in [5, 5.41) is 9.50. The highest BCUT2D eigenvalue weighted by Crippen LogP contribution is 2.00. The van der Waals surface area contributed by atoms with E-state index in [1.54, 1.807) is 0 Å². The van der Waals surface area contributed by atoms with E-state index in [1.807, 2.05) is 13.0 Å². The van der Waals surface area contributed by atoms with Gasteiger partial charge in [-0.1, -0.05) is 55.5 Å². The molecule has 2 nitrogen and oxygen atoms in total. The number of unbranched alkanes of at least 4 members (excludes halogenated alkanes) is 1. The summed E-state index contributed by atoms with van der Waals surface area (Å²) in [6.45, 7) is 3.97. The van der Waals surface area contributed by atoms with E-state index < -0.39 is 6.10 Å². The van der Waals surface area contributed by atoms with Crippen molar-refractivity contribution in [2.75, 3.05) is 0 Å². The SMILES string of the molecule is CC/C=C/C/C=C/C/C=C/CC/C=C/C[C@H](O)[C@@H](C)N. The first-order valence-corrected chi connectivity index (χ1v) is 7.72. The Labute approximate surface area is 124 Å². The zero-order valence-corrected chi connectivity index (χ0v) is 13.0. The third-order valence-electron chi connectivity index (χ3n) is 2.93. The van der Waals surface area contributed by atoms with Crippen LogP contribution in [0.15, 0.2) is 48.6 Å². The van der Waals surface area contributed by atoms with Crippen molar-refractivity contribution < 1.29 is 5.11 Å². The summed E-state index contributed by atoms with van der Waals surface area (Å²) < 4.78 is 0. The summed E-state index contributed by atoms with van der Waals surface area (Å²) in [7, 11) is 0. The molecule has 0 aromatic heterocycles. The van der Waals surface area contributed by atoms with Crippen molar-refractivity contribution in [1.82, 2.24) is 0 Å². The van der Waals surface area contributed by atoms with E-state index in [1.165, 1.54) is 0 Å². The van der Waals surface area contributed by atoms with Crippen LogP contribution in [0.3, 0.4) is 0 Å². The predicted octanol–water partition coefficient (Wildman–Crippen LogP) is 4.28. The van der Waals surface area contributed by atoms with E-state index in [-0.39, 0.29) is 6.04 Å². The summed E-state index contributed by atoms with van der Waals surface area (Å²) in [5.41, 5.74) is 5.58. The Bertz CT molecular complexity index is 313. The van der Waals surface area contributed by atoms with Crippen LogP contribution in [0, 0.1) is 0 Å². The Morgan fingerprint density at radius 1 is 0.850 bits per heavy atom. The molecule has 0 heterocycles. The van der Waals surface area contributed by atoms with Gasteiger partial charge >= 0.3 is 0 Å². The first-order chi connectivity index (χ1) is 9.68. The predicted molar refractivity (Wildman–Crippen MR) is 89.6 cm³/mol. The molecule has 0 aliphatic heterocycles. The van der Waals surface area contributed by atoms with Crippen LogP contribution in [0.25, 0.3) is 0 Å². The maximum absolute atomic E-state index is 9.50. The maximum atomic E-state index is 9.50. The lowest BCUT2D eigenvalue weighted by Crippen LogP contribution is -2.30. The smallest absolute Gasteiger partial charge is 0.0722 e. The van der Waals surface area contributed by atoms with Gasteiger partial charge in [-0.2, -0.15) is 0 Å². The van der Waals surface area contributed by atoms with E-state index in [0.29, 0.717) is 6.42 Å². The van der Waals surface area contributed by atoms with Crippen molar-refractivity contribution in [1.29, 1.82) is 0 Å². The molecule has 114 valence electrons. The molecule has 0 unspecified atom stereocenters. The van der Waals surface area contributed by atoms with Crippen LogP contribution in [-0.2, 0) is 0 Å². The topological polar surface area (TPSA) is 46.2 Å². The lowest BCUT2D eigenvalue weighted by atomic mass is 10.1. The Morgan fingerprint density at radius 3 is 1.90 bits per heavy atom. The van der Waals surface area contributed by atoms with Crippen LogP contribution < -0.4 is 5.73 Å². The van der Waals surface area contributed by atoms with Gasteiger partial charge in [-0.3, -0.25) is 0 Å². The summed E-state index contributed by atoms with van der Waals surface area (Å²) in [4.78, 5) is 0. The van der Waals surface area contributed by atoms with E-state index in [4.69, 9.17) is 5.73 Å². The zero-order chi connectivity index (χ0) is 15.1. The number of allylic oxidation sites excluding steroid dienone is 7. The first-order valence-electron chi connectivity index (χ1n) is 7.72. The van der Waals surface area contributed by atoms with Gasteiger partial charge in [-0.15, -0.1) is 0 Å². The highest BCUT2D eigenvalue weighted by Gasteiger charge is 2.05. The van der Waals surface area contributed by atoms with Crippen LogP contribution in [0.4, 0.5) is 0 Å². The molecular weight excluding hydrogens is 246 g/mol. The quantitative estimate of drug-likeness (QED) is 0.437. The normalized spacial score (nSPS) is 16.0. The third kappa shape index (κ3) is 13.3. The van der Waals surface area contributed by atoms with E-state index in [9.17, 15) is 5.11 Å². The molecule has 20 heavy (non-hydrogen) atoms. The second kappa shape index (κ2) is 14.3. The molecule has 0 aromatic rings. The van der Waals surface area contributed by atoms with E-state index in [2.05, 4.69) is 49.5 Å². The molecule has 0 aliphatic carbocycles. The average molecular weight is 277 g/mol. The summed E-state index contributed by atoms with van der Waals surface area (Å²) in [6.07, 6.45) is 22.8. The molecule has 0 saturated heterocycles. The van der Waals surface area contributed by atoms with Crippen LogP contribution in [0.1, 0.15) is 52.4 Å². The molecule has 0 bridgehead atoms. The van der Waals surface area contributed by atoms with Gasteiger partial charge < -0.3 is 10.8 Å². The zero-order valence-electron chi connectivity index (χ0n) is 13.0. The van der Waals surface area contributed by atoms with Gasteiger partial charge in [-0.25, -0.2) is 0 Å². The van der Waals surface area contributed by atoms with Crippen molar-refractivity contribution in [3.63, 3.8) is 0 Å². The first kappa shape index (κ1) is 18.9. The second-order valence-corrected chi connectivity index (χ2v) is 5.00. The molecule has 0 fully saturated rings. The molecule has 0 aliphatic rings. The highest BCUT2D eigenvalue weighted by molar-refractivity contribution is 4.97. The van der Waals surface area contributed by atoms with Gasteiger partial charge in [0.1, 0.15) is 0 Å². The van der Waals surface area contributed by atoms with Gasteiger partial charge in [0, 0.05) is 6.04 Å². The lowest BCUT2D eigenvalue weighted by Gasteiger charge is -2.10. The number of aliphatic hydroxyl groups is 1. The molecule has 2 atom stereocenters. The monoisotopic (exact) mass is 277 g/mol.